The van der Waals surface area contributed by atoms with E-state index in [2.05, 4.69) is 118 Å². The van der Waals surface area contributed by atoms with Crippen LogP contribution in [0, 0.1) is 0 Å². The molecule has 0 aliphatic heterocycles. The van der Waals surface area contributed by atoms with Gasteiger partial charge in [0.2, 0.25) is 0 Å². The normalized spacial score (nSPS) is 12.7. The van der Waals surface area contributed by atoms with Gasteiger partial charge in [-0.2, -0.15) is 0 Å². The molecule has 0 aromatic rings. The molecule has 0 radical (unpaired) electrons. The maximum atomic E-state index is 12.9. The summed E-state index contributed by atoms with van der Waals surface area (Å²) in [7, 11) is 0. The summed E-state index contributed by atoms with van der Waals surface area (Å²) in [4.78, 5) is 38.3. The first-order chi connectivity index (χ1) is 39.5. The zero-order valence-electron chi connectivity index (χ0n) is 52.8. The van der Waals surface area contributed by atoms with E-state index in [1.54, 1.807) is 0 Å². The second-order valence-electron chi connectivity index (χ2n) is 22.7. The van der Waals surface area contributed by atoms with Crippen molar-refractivity contribution in [3.8, 4) is 0 Å². The van der Waals surface area contributed by atoms with Crippen molar-refractivity contribution in [1.82, 2.24) is 0 Å². The maximum absolute atomic E-state index is 12.9. The molecule has 0 bridgehead atoms. The highest BCUT2D eigenvalue weighted by Gasteiger charge is 2.19. The second kappa shape index (κ2) is 67.8. The van der Waals surface area contributed by atoms with Crippen LogP contribution in [0.1, 0.15) is 335 Å². The molecule has 0 aromatic heterocycles. The molecule has 0 aliphatic rings. The van der Waals surface area contributed by atoms with E-state index < -0.39 is 6.10 Å². The number of esters is 3. The number of hydrogen-bond acceptors (Lipinski definition) is 6. The van der Waals surface area contributed by atoms with Gasteiger partial charge in [-0.3, -0.25) is 14.4 Å². The molecule has 0 fully saturated rings. The van der Waals surface area contributed by atoms with E-state index in [4.69, 9.17) is 14.2 Å². The standard InChI is InChI=1S/C74H128O6/c1-4-7-10-13-16-19-22-25-27-28-29-30-31-32-33-34-35-36-37-38-39-40-41-42-43-44-45-46-47-50-52-55-58-61-64-67-73(76)79-70-71(69-78-72(75)66-63-60-57-54-51-48-24-21-18-15-12-9-6-3)80-74(77)68-65-62-59-56-53-49-26-23-20-17-14-11-8-5-2/h7,10,16,19,25,27,29-30,32-33,35-36,38-39,41-42,71H,4-6,8-9,11-15,17-18,20-24,26,28,31,34,37,40,43-70H2,1-3H3/b10-7-,19-16-,27-25-,30-29-,33-32-,36-35-,39-38-,42-41-. The molecule has 0 N–H and O–H groups in total. The predicted molar refractivity (Wildman–Crippen MR) is 348 cm³/mol. The average Bonchev–Trinajstić information content (AvgIpc) is 3.46. The minimum atomic E-state index is -0.775. The molecule has 0 amide bonds. The molecule has 0 aliphatic carbocycles. The minimum absolute atomic E-state index is 0.0722. The van der Waals surface area contributed by atoms with E-state index >= 15 is 0 Å². The summed E-state index contributed by atoms with van der Waals surface area (Å²) >= 11 is 0. The molecule has 0 heterocycles. The molecule has 0 saturated carbocycles. The molecule has 0 rings (SSSR count). The number of ether oxygens (including phenoxy) is 3. The fourth-order valence-corrected chi connectivity index (χ4v) is 9.76. The second-order valence-corrected chi connectivity index (χ2v) is 22.7. The SMILES string of the molecule is CC/C=C\C/C=C\C/C=C\C/C=C\C/C=C\C/C=C\C/C=C\C/C=C\CCCCCCCCCCCCC(=O)OCC(COC(=O)CCCCCCCCCCCCCCC)OC(=O)CCCCCCCCCCCCCCCC. The van der Waals surface area contributed by atoms with Gasteiger partial charge in [0.05, 0.1) is 0 Å². The van der Waals surface area contributed by atoms with Crippen molar-refractivity contribution >= 4 is 17.9 Å². The number of hydrogen-bond donors (Lipinski definition) is 0. The largest absolute Gasteiger partial charge is 0.462 e. The number of carbonyl (C=O) groups excluding carboxylic acids is 3. The lowest BCUT2D eigenvalue weighted by atomic mass is 10.0. The van der Waals surface area contributed by atoms with Gasteiger partial charge in [0.15, 0.2) is 6.10 Å². The van der Waals surface area contributed by atoms with Crippen LogP contribution in [0.25, 0.3) is 0 Å². The molecule has 6 heteroatoms. The quantitative estimate of drug-likeness (QED) is 0.0261. The summed E-state index contributed by atoms with van der Waals surface area (Å²) in [5.41, 5.74) is 0. The van der Waals surface area contributed by atoms with Crippen molar-refractivity contribution in [3.05, 3.63) is 97.2 Å². The lowest BCUT2D eigenvalue weighted by Crippen LogP contribution is -2.30. The summed E-state index contributed by atoms with van der Waals surface area (Å²) in [6, 6.07) is 0. The van der Waals surface area contributed by atoms with Crippen LogP contribution in [0.2, 0.25) is 0 Å². The molecule has 6 nitrogen and oxygen atoms in total. The third kappa shape index (κ3) is 65.1. The van der Waals surface area contributed by atoms with E-state index in [1.165, 1.54) is 186 Å². The Hall–Kier alpha value is -3.67. The highest BCUT2D eigenvalue weighted by molar-refractivity contribution is 5.71. The zero-order valence-corrected chi connectivity index (χ0v) is 52.8. The molecule has 1 atom stereocenters. The van der Waals surface area contributed by atoms with Crippen LogP contribution in [0.5, 0.6) is 0 Å². The van der Waals surface area contributed by atoms with Crippen molar-refractivity contribution in [2.45, 2.75) is 341 Å². The molecular weight excluding hydrogens is 985 g/mol. The van der Waals surface area contributed by atoms with Crippen molar-refractivity contribution in [2.24, 2.45) is 0 Å². The van der Waals surface area contributed by atoms with Crippen LogP contribution >= 0.6 is 0 Å². The van der Waals surface area contributed by atoms with Crippen molar-refractivity contribution < 1.29 is 28.6 Å². The molecule has 460 valence electrons. The van der Waals surface area contributed by atoms with E-state index in [0.717, 1.165) is 109 Å². The van der Waals surface area contributed by atoms with Crippen LogP contribution in [0.4, 0.5) is 0 Å². The van der Waals surface area contributed by atoms with E-state index in [9.17, 15) is 14.4 Å². The lowest BCUT2D eigenvalue weighted by Gasteiger charge is -2.18. The number of unbranched alkanes of at least 4 members (excludes halogenated alkanes) is 35. The number of rotatable bonds is 62. The van der Waals surface area contributed by atoms with Gasteiger partial charge in [-0.15, -0.1) is 0 Å². The van der Waals surface area contributed by atoms with Crippen molar-refractivity contribution in [3.63, 3.8) is 0 Å². The summed E-state index contributed by atoms with van der Waals surface area (Å²) < 4.78 is 16.9. The Morgan fingerprint density at radius 3 is 0.762 bits per heavy atom. The Balaban J connectivity index is 4.18. The van der Waals surface area contributed by atoms with Gasteiger partial charge in [0.25, 0.3) is 0 Å². The molecule has 80 heavy (non-hydrogen) atoms. The highest BCUT2D eigenvalue weighted by atomic mass is 16.6. The van der Waals surface area contributed by atoms with E-state index in [1.807, 2.05) is 0 Å². The first-order valence-electron chi connectivity index (χ1n) is 34.2. The lowest BCUT2D eigenvalue weighted by molar-refractivity contribution is -0.167. The van der Waals surface area contributed by atoms with Gasteiger partial charge in [0.1, 0.15) is 13.2 Å². The van der Waals surface area contributed by atoms with Crippen molar-refractivity contribution in [2.75, 3.05) is 13.2 Å². The van der Waals surface area contributed by atoms with Gasteiger partial charge in [-0.1, -0.05) is 330 Å². The number of allylic oxidation sites excluding steroid dienone is 16. The topological polar surface area (TPSA) is 78.9 Å². The fourth-order valence-electron chi connectivity index (χ4n) is 9.76. The molecular formula is C74H128O6. The number of carbonyl (C=O) groups is 3. The average molecular weight is 1110 g/mol. The highest BCUT2D eigenvalue weighted by Crippen LogP contribution is 2.17. The van der Waals surface area contributed by atoms with Crippen LogP contribution in [-0.2, 0) is 28.6 Å². The first kappa shape index (κ1) is 76.3. The minimum Gasteiger partial charge on any atom is -0.462 e. The summed E-state index contributed by atoms with van der Waals surface area (Å²) in [6.45, 7) is 6.56. The third-order valence-electron chi connectivity index (χ3n) is 14.9. The Kier molecular flexibility index (Phi) is 64.7. The van der Waals surface area contributed by atoms with Crippen LogP contribution in [-0.4, -0.2) is 37.2 Å². The molecule has 0 spiro atoms. The predicted octanol–water partition coefficient (Wildman–Crippen LogP) is 23.6. The first-order valence-corrected chi connectivity index (χ1v) is 34.2. The van der Waals surface area contributed by atoms with Crippen molar-refractivity contribution in [1.29, 1.82) is 0 Å². The Labute approximate surface area is 496 Å². The summed E-state index contributed by atoms with van der Waals surface area (Å²) in [6.07, 6.45) is 91.4. The smallest absolute Gasteiger partial charge is 0.306 e. The molecule has 0 aromatic carbocycles. The maximum Gasteiger partial charge on any atom is 0.306 e. The van der Waals surface area contributed by atoms with Crippen LogP contribution in [0.15, 0.2) is 97.2 Å². The van der Waals surface area contributed by atoms with E-state index in [-0.39, 0.29) is 31.1 Å². The third-order valence-corrected chi connectivity index (χ3v) is 14.9. The van der Waals surface area contributed by atoms with Crippen LogP contribution < -0.4 is 0 Å². The Bertz CT molecular complexity index is 1560. The fraction of sp³-hybridized carbons (Fsp3) is 0.743. The Morgan fingerprint density at radius 2 is 0.487 bits per heavy atom. The van der Waals surface area contributed by atoms with Gasteiger partial charge in [0, 0.05) is 19.3 Å². The van der Waals surface area contributed by atoms with Gasteiger partial charge in [-0.25, -0.2) is 0 Å². The molecule has 1 unspecified atom stereocenters. The monoisotopic (exact) mass is 1110 g/mol. The van der Waals surface area contributed by atoms with Gasteiger partial charge < -0.3 is 14.2 Å². The van der Waals surface area contributed by atoms with E-state index in [0.29, 0.717) is 19.3 Å². The Morgan fingerprint density at radius 1 is 0.263 bits per heavy atom. The van der Waals surface area contributed by atoms with Gasteiger partial charge >= 0.3 is 17.9 Å². The summed E-state index contributed by atoms with van der Waals surface area (Å²) in [5.74, 6) is -0.860. The van der Waals surface area contributed by atoms with Gasteiger partial charge in [-0.05, 0) is 83.5 Å². The molecule has 0 saturated heterocycles. The summed E-state index contributed by atoms with van der Waals surface area (Å²) in [5, 5.41) is 0. The zero-order chi connectivity index (χ0) is 57.8. The van der Waals surface area contributed by atoms with Crippen LogP contribution in [0.3, 0.4) is 0 Å².